The predicted octanol–water partition coefficient (Wildman–Crippen LogP) is 1.72. The number of aromatic nitrogens is 2. The van der Waals surface area contributed by atoms with Crippen molar-refractivity contribution in [1.82, 2.24) is 15.3 Å². The van der Waals surface area contributed by atoms with Crippen molar-refractivity contribution in [2.24, 2.45) is 0 Å². The standard InChI is InChI=1S/C9H13ClN4.ClH/c10-8-5-13-9(6-12-8)14-7-2-1-3-11-4-7;/h5-7,11H,1-4H2,(H,13,14);1H/t7-;/m1./s1. The first-order chi connectivity index (χ1) is 6.84. The maximum atomic E-state index is 5.64. The van der Waals surface area contributed by atoms with E-state index in [2.05, 4.69) is 20.6 Å². The molecule has 0 aliphatic carbocycles. The highest BCUT2D eigenvalue weighted by molar-refractivity contribution is 6.29. The molecule has 2 heterocycles. The van der Waals surface area contributed by atoms with E-state index < -0.39 is 0 Å². The van der Waals surface area contributed by atoms with Gasteiger partial charge in [0.25, 0.3) is 0 Å². The van der Waals surface area contributed by atoms with E-state index in [0.717, 1.165) is 18.9 Å². The topological polar surface area (TPSA) is 49.8 Å². The molecule has 2 N–H and O–H groups in total. The quantitative estimate of drug-likeness (QED) is 0.837. The van der Waals surface area contributed by atoms with E-state index in [1.165, 1.54) is 12.8 Å². The first kappa shape index (κ1) is 12.5. The lowest BCUT2D eigenvalue weighted by atomic mass is 10.1. The molecule has 15 heavy (non-hydrogen) atoms. The molecule has 0 radical (unpaired) electrons. The molecular formula is C9H14Cl2N4. The van der Waals surface area contributed by atoms with Crippen LogP contribution in [0.1, 0.15) is 12.8 Å². The average molecular weight is 249 g/mol. The molecule has 6 heteroatoms. The average Bonchev–Trinajstić information content (AvgIpc) is 2.23. The number of halogens is 2. The van der Waals surface area contributed by atoms with Gasteiger partial charge in [-0.2, -0.15) is 0 Å². The number of anilines is 1. The fraction of sp³-hybridized carbons (Fsp3) is 0.556. The zero-order chi connectivity index (χ0) is 9.80. The smallest absolute Gasteiger partial charge is 0.147 e. The van der Waals surface area contributed by atoms with Gasteiger partial charge in [-0.25, -0.2) is 9.97 Å². The molecule has 2 rings (SSSR count). The number of rotatable bonds is 2. The van der Waals surface area contributed by atoms with E-state index in [0.29, 0.717) is 11.2 Å². The van der Waals surface area contributed by atoms with E-state index in [1.807, 2.05) is 0 Å². The van der Waals surface area contributed by atoms with Gasteiger partial charge in [0.15, 0.2) is 0 Å². The van der Waals surface area contributed by atoms with Gasteiger partial charge in [-0.15, -0.1) is 12.4 Å². The molecule has 84 valence electrons. The summed E-state index contributed by atoms with van der Waals surface area (Å²) in [6.07, 6.45) is 5.60. The Labute approximate surface area is 100 Å². The summed E-state index contributed by atoms with van der Waals surface area (Å²) in [6, 6.07) is 0.458. The summed E-state index contributed by atoms with van der Waals surface area (Å²) < 4.78 is 0. The molecule has 0 unspecified atom stereocenters. The first-order valence-corrected chi connectivity index (χ1v) is 5.17. The van der Waals surface area contributed by atoms with E-state index in [4.69, 9.17) is 11.6 Å². The highest BCUT2D eigenvalue weighted by Gasteiger charge is 2.12. The Morgan fingerprint density at radius 2 is 2.27 bits per heavy atom. The second kappa shape index (κ2) is 6.10. The van der Waals surface area contributed by atoms with E-state index in [1.54, 1.807) is 12.4 Å². The van der Waals surface area contributed by atoms with Crippen LogP contribution in [-0.4, -0.2) is 29.1 Å². The van der Waals surface area contributed by atoms with Crippen molar-refractivity contribution in [3.05, 3.63) is 17.5 Å². The highest BCUT2D eigenvalue weighted by Crippen LogP contribution is 2.10. The summed E-state index contributed by atoms with van der Waals surface area (Å²) in [4.78, 5) is 8.10. The van der Waals surface area contributed by atoms with Crippen LogP contribution in [-0.2, 0) is 0 Å². The summed E-state index contributed by atoms with van der Waals surface area (Å²) in [5.74, 6) is 0.795. The SMILES string of the molecule is Cl.Clc1cnc(N[C@@H]2CCCNC2)cn1. The van der Waals surface area contributed by atoms with Crippen molar-refractivity contribution in [3.63, 3.8) is 0 Å². The molecule has 1 fully saturated rings. The van der Waals surface area contributed by atoms with Crippen LogP contribution >= 0.6 is 24.0 Å². The molecule has 1 aromatic heterocycles. The molecule has 1 aromatic rings. The van der Waals surface area contributed by atoms with Crippen LogP contribution < -0.4 is 10.6 Å². The largest absolute Gasteiger partial charge is 0.365 e. The lowest BCUT2D eigenvalue weighted by molar-refractivity contribution is 0.479. The zero-order valence-electron chi connectivity index (χ0n) is 8.24. The Morgan fingerprint density at radius 3 is 2.87 bits per heavy atom. The summed E-state index contributed by atoms with van der Waals surface area (Å²) in [7, 11) is 0. The lowest BCUT2D eigenvalue weighted by Gasteiger charge is -2.23. The normalized spacial score (nSPS) is 20.5. The second-order valence-corrected chi connectivity index (χ2v) is 3.80. The second-order valence-electron chi connectivity index (χ2n) is 3.41. The van der Waals surface area contributed by atoms with E-state index in [9.17, 15) is 0 Å². The van der Waals surface area contributed by atoms with Crippen molar-refractivity contribution >= 4 is 29.8 Å². The predicted molar refractivity (Wildman–Crippen MR) is 63.8 cm³/mol. The van der Waals surface area contributed by atoms with Crippen LogP contribution in [0.3, 0.4) is 0 Å². The molecule has 1 aliphatic rings. The first-order valence-electron chi connectivity index (χ1n) is 4.79. The third-order valence-electron chi connectivity index (χ3n) is 2.27. The molecule has 0 spiro atoms. The minimum absolute atomic E-state index is 0. The Morgan fingerprint density at radius 1 is 1.40 bits per heavy atom. The third-order valence-corrected chi connectivity index (χ3v) is 2.46. The van der Waals surface area contributed by atoms with Crippen LogP contribution in [0.25, 0.3) is 0 Å². The van der Waals surface area contributed by atoms with Crippen molar-refractivity contribution < 1.29 is 0 Å². The molecule has 1 saturated heterocycles. The summed E-state index contributed by atoms with van der Waals surface area (Å²) >= 11 is 5.64. The van der Waals surface area contributed by atoms with Gasteiger partial charge in [0.2, 0.25) is 0 Å². The van der Waals surface area contributed by atoms with Crippen LogP contribution in [0.15, 0.2) is 12.4 Å². The summed E-state index contributed by atoms with van der Waals surface area (Å²) in [5.41, 5.74) is 0. The van der Waals surface area contributed by atoms with Crippen LogP contribution in [0, 0.1) is 0 Å². The maximum absolute atomic E-state index is 5.64. The van der Waals surface area contributed by atoms with Crippen LogP contribution in [0.4, 0.5) is 5.82 Å². The number of hydrogen-bond acceptors (Lipinski definition) is 4. The third kappa shape index (κ3) is 3.81. The van der Waals surface area contributed by atoms with Crippen molar-refractivity contribution in [2.45, 2.75) is 18.9 Å². The lowest BCUT2D eigenvalue weighted by Crippen LogP contribution is -2.38. The number of nitrogens with zero attached hydrogens (tertiary/aromatic N) is 2. The van der Waals surface area contributed by atoms with Gasteiger partial charge in [-0.1, -0.05) is 11.6 Å². The Balaban J connectivity index is 0.00000112. The minimum atomic E-state index is 0. The van der Waals surface area contributed by atoms with Crippen LogP contribution in [0.5, 0.6) is 0 Å². The molecule has 1 aliphatic heterocycles. The Bertz CT molecular complexity index is 285. The highest BCUT2D eigenvalue weighted by atomic mass is 35.5. The minimum Gasteiger partial charge on any atom is -0.365 e. The monoisotopic (exact) mass is 248 g/mol. The fourth-order valence-electron chi connectivity index (χ4n) is 1.57. The summed E-state index contributed by atoms with van der Waals surface area (Å²) in [6.45, 7) is 2.11. The molecule has 0 bridgehead atoms. The maximum Gasteiger partial charge on any atom is 0.147 e. The van der Waals surface area contributed by atoms with Gasteiger partial charge < -0.3 is 10.6 Å². The van der Waals surface area contributed by atoms with Gasteiger partial charge in [0.1, 0.15) is 11.0 Å². The molecule has 0 saturated carbocycles. The van der Waals surface area contributed by atoms with E-state index in [-0.39, 0.29) is 12.4 Å². The van der Waals surface area contributed by atoms with Gasteiger partial charge in [0, 0.05) is 12.6 Å². The van der Waals surface area contributed by atoms with Crippen LogP contribution in [0.2, 0.25) is 5.15 Å². The fourth-order valence-corrected chi connectivity index (χ4v) is 1.67. The Hall–Kier alpha value is -0.580. The molecule has 0 amide bonds. The molecule has 0 aromatic carbocycles. The summed E-state index contributed by atoms with van der Waals surface area (Å²) in [5, 5.41) is 7.07. The van der Waals surface area contributed by atoms with Gasteiger partial charge in [-0.3, -0.25) is 0 Å². The van der Waals surface area contributed by atoms with Crippen molar-refractivity contribution in [3.8, 4) is 0 Å². The molecular weight excluding hydrogens is 235 g/mol. The number of nitrogens with one attached hydrogen (secondary N) is 2. The molecule has 1 atom stereocenters. The van der Waals surface area contributed by atoms with Gasteiger partial charge in [0.05, 0.1) is 12.4 Å². The number of hydrogen-bond donors (Lipinski definition) is 2. The van der Waals surface area contributed by atoms with Gasteiger partial charge >= 0.3 is 0 Å². The number of piperidine rings is 1. The van der Waals surface area contributed by atoms with Crippen molar-refractivity contribution in [2.75, 3.05) is 18.4 Å². The Kier molecular flexibility index (Phi) is 5.08. The van der Waals surface area contributed by atoms with E-state index >= 15 is 0 Å². The molecule has 4 nitrogen and oxygen atoms in total. The van der Waals surface area contributed by atoms with Gasteiger partial charge in [-0.05, 0) is 19.4 Å². The van der Waals surface area contributed by atoms with Crippen molar-refractivity contribution in [1.29, 1.82) is 0 Å². The zero-order valence-corrected chi connectivity index (χ0v) is 9.81.